The molecule has 2 aromatic carbocycles. The van der Waals surface area contributed by atoms with Crippen molar-refractivity contribution in [1.29, 1.82) is 0 Å². The van der Waals surface area contributed by atoms with Crippen molar-refractivity contribution in [1.82, 2.24) is 10.2 Å². The molecule has 0 fully saturated rings. The highest BCUT2D eigenvalue weighted by atomic mass is 19.1. The third kappa shape index (κ3) is 2.28. The van der Waals surface area contributed by atoms with E-state index in [-0.39, 0.29) is 11.7 Å². The van der Waals surface area contributed by atoms with Gasteiger partial charge in [0.2, 0.25) is 11.8 Å². The molecule has 0 radical (unpaired) electrons. The fourth-order valence-electron chi connectivity index (χ4n) is 2.25. The van der Waals surface area contributed by atoms with Crippen LogP contribution in [0.1, 0.15) is 0 Å². The van der Waals surface area contributed by atoms with Gasteiger partial charge in [-0.2, -0.15) is 0 Å². The zero-order valence-electron chi connectivity index (χ0n) is 11.5. The average molecular weight is 298 g/mol. The van der Waals surface area contributed by atoms with E-state index in [0.717, 1.165) is 5.56 Å². The molecule has 0 N–H and O–H groups in total. The summed E-state index contributed by atoms with van der Waals surface area (Å²) in [6.45, 7) is 1.05. The van der Waals surface area contributed by atoms with Crippen LogP contribution in [0.25, 0.3) is 22.9 Å². The number of benzene rings is 2. The van der Waals surface area contributed by atoms with Gasteiger partial charge in [0, 0.05) is 11.1 Å². The van der Waals surface area contributed by atoms with E-state index < -0.39 is 0 Å². The van der Waals surface area contributed by atoms with Crippen LogP contribution >= 0.6 is 0 Å². The lowest BCUT2D eigenvalue weighted by atomic mass is 10.2. The van der Waals surface area contributed by atoms with Gasteiger partial charge in [-0.25, -0.2) is 4.39 Å². The Labute approximate surface area is 125 Å². The van der Waals surface area contributed by atoms with Crippen LogP contribution < -0.4 is 9.47 Å². The largest absolute Gasteiger partial charge is 0.486 e. The Kier molecular flexibility index (Phi) is 3.00. The SMILES string of the molecule is Fc1cccc(-c2nnc(-c3ccc4c(c3)OCCO4)o2)c1. The van der Waals surface area contributed by atoms with Crippen LogP contribution in [-0.2, 0) is 0 Å². The van der Waals surface area contributed by atoms with Gasteiger partial charge < -0.3 is 13.9 Å². The maximum absolute atomic E-state index is 13.3. The standard InChI is InChI=1S/C16H11FN2O3/c17-12-3-1-2-10(8-12)15-18-19-16(22-15)11-4-5-13-14(9-11)21-7-6-20-13/h1-5,8-9H,6-7H2. The predicted molar refractivity (Wildman–Crippen MR) is 76.1 cm³/mol. The summed E-state index contributed by atoms with van der Waals surface area (Å²) in [6, 6.07) is 11.4. The molecule has 0 spiro atoms. The third-order valence-electron chi connectivity index (χ3n) is 3.29. The summed E-state index contributed by atoms with van der Waals surface area (Å²) in [5.74, 6) is 1.60. The zero-order valence-corrected chi connectivity index (χ0v) is 11.5. The van der Waals surface area contributed by atoms with Gasteiger partial charge in [0.25, 0.3) is 0 Å². The second-order valence-electron chi connectivity index (χ2n) is 4.78. The molecule has 22 heavy (non-hydrogen) atoms. The van der Waals surface area contributed by atoms with Crippen molar-refractivity contribution in [3.63, 3.8) is 0 Å². The molecule has 0 bridgehead atoms. The van der Waals surface area contributed by atoms with Crippen LogP contribution in [-0.4, -0.2) is 23.4 Å². The van der Waals surface area contributed by atoms with E-state index in [0.29, 0.717) is 36.2 Å². The third-order valence-corrected chi connectivity index (χ3v) is 3.29. The number of fused-ring (bicyclic) bond motifs is 1. The molecule has 0 saturated carbocycles. The minimum absolute atomic E-state index is 0.268. The maximum atomic E-state index is 13.3. The van der Waals surface area contributed by atoms with E-state index in [1.54, 1.807) is 24.3 Å². The molecular weight excluding hydrogens is 287 g/mol. The second-order valence-corrected chi connectivity index (χ2v) is 4.78. The number of hydrogen-bond donors (Lipinski definition) is 0. The molecule has 4 rings (SSSR count). The van der Waals surface area contributed by atoms with Gasteiger partial charge >= 0.3 is 0 Å². The predicted octanol–water partition coefficient (Wildman–Crippen LogP) is 3.31. The molecule has 0 amide bonds. The Hall–Kier alpha value is -2.89. The summed E-state index contributed by atoms with van der Waals surface area (Å²) < 4.78 is 29.9. The van der Waals surface area contributed by atoms with Crippen molar-refractivity contribution in [3.8, 4) is 34.4 Å². The number of halogens is 1. The van der Waals surface area contributed by atoms with Crippen molar-refractivity contribution in [3.05, 3.63) is 48.3 Å². The lowest BCUT2D eigenvalue weighted by Crippen LogP contribution is -2.15. The van der Waals surface area contributed by atoms with E-state index in [1.807, 2.05) is 6.07 Å². The molecule has 0 aliphatic carbocycles. The molecular formula is C16H11FN2O3. The maximum Gasteiger partial charge on any atom is 0.248 e. The average Bonchev–Trinajstić information content (AvgIpc) is 3.04. The Bertz CT molecular complexity index is 832. The van der Waals surface area contributed by atoms with Gasteiger partial charge in [0.1, 0.15) is 19.0 Å². The summed E-state index contributed by atoms with van der Waals surface area (Å²) in [5, 5.41) is 7.97. The Morgan fingerprint density at radius 3 is 2.32 bits per heavy atom. The van der Waals surface area contributed by atoms with Gasteiger partial charge in [-0.15, -0.1) is 10.2 Å². The van der Waals surface area contributed by atoms with E-state index in [2.05, 4.69) is 10.2 Å². The van der Waals surface area contributed by atoms with Crippen molar-refractivity contribution in [2.75, 3.05) is 13.2 Å². The molecule has 0 unspecified atom stereocenters. The lowest BCUT2D eigenvalue weighted by molar-refractivity contribution is 0.171. The number of nitrogens with zero attached hydrogens (tertiary/aromatic N) is 2. The van der Waals surface area contributed by atoms with E-state index in [9.17, 15) is 4.39 Å². The molecule has 1 aliphatic heterocycles. The van der Waals surface area contributed by atoms with Crippen LogP contribution in [0.15, 0.2) is 46.9 Å². The summed E-state index contributed by atoms with van der Waals surface area (Å²) >= 11 is 0. The van der Waals surface area contributed by atoms with Crippen LogP contribution in [0.4, 0.5) is 4.39 Å². The Morgan fingerprint density at radius 1 is 0.818 bits per heavy atom. The van der Waals surface area contributed by atoms with Crippen molar-refractivity contribution < 1.29 is 18.3 Å². The minimum atomic E-state index is -0.350. The zero-order chi connectivity index (χ0) is 14.9. The minimum Gasteiger partial charge on any atom is -0.486 e. The van der Waals surface area contributed by atoms with Gasteiger partial charge in [-0.1, -0.05) is 6.07 Å². The van der Waals surface area contributed by atoms with Crippen molar-refractivity contribution in [2.24, 2.45) is 0 Å². The Morgan fingerprint density at radius 2 is 1.55 bits per heavy atom. The molecule has 0 atom stereocenters. The Balaban J connectivity index is 1.69. The number of ether oxygens (including phenoxy) is 2. The number of aromatic nitrogens is 2. The van der Waals surface area contributed by atoms with Crippen LogP contribution in [0.5, 0.6) is 11.5 Å². The van der Waals surface area contributed by atoms with Crippen LogP contribution in [0.3, 0.4) is 0 Å². The second kappa shape index (κ2) is 5.14. The molecule has 3 aromatic rings. The quantitative estimate of drug-likeness (QED) is 0.726. The van der Waals surface area contributed by atoms with E-state index in [1.165, 1.54) is 12.1 Å². The monoisotopic (exact) mass is 298 g/mol. The molecule has 1 aromatic heterocycles. The van der Waals surface area contributed by atoms with Crippen LogP contribution in [0.2, 0.25) is 0 Å². The summed E-state index contributed by atoms with van der Waals surface area (Å²) in [6.07, 6.45) is 0. The summed E-state index contributed by atoms with van der Waals surface area (Å²) in [7, 11) is 0. The topological polar surface area (TPSA) is 57.4 Å². The molecule has 110 valence electrons. The first-order valence-electron chi connectivity index (χ1n) is 6.79. The van der Waals surface area contributed by atoms with Gasteiger partial charge in [-0.3, -0.25) is 0 Å². The molecule has 5 nitrogen and oxygen atoms in total. The van der Waals surface area contributed by atoms with Crippen molar-refractivity contribution >= 4 is 0 Å². The fraction of sp³-hybridized carbons (Fsp3) is 0.125. The van der Waals surface area contributed by atoms with Crippen LogP contribution in [0, 0.1) is 5.82 Å². The summed E-state index contributed by atoms with van der Waals surface area (Å²) in [4.78, 5) is 0. The number of hydrogen-bond acceptors (Lipinski definition) is 5. The van der Waals surface area contributed by atoms with Gasteiger partial charge in [0.05, 0.1) is 0 Å². The van der Waals surface area contributed by atoms with E-state index >= 15 is 0 Å². The normalized spacial score (nSPS) is 13.1. The first kappa shape index (κ1) is 12.8. The van der Waals surface area contributed by atoms with E-state index in [4.69, 9.17) is 13.9 Å². The lowest BCUT2D eigenvalue weighted by Gasteiger charge is -2.18. The van der Waals surface area contributed by atoms with Gasteiger partial charge in [-0.05, 0) is 36.4 Å². The highest BCUT2D eigenvalue weighted by Crippen LogP contribution is 2.34. The van der Waals surface area contributed by atoms with Gasteiger partial charge in [0.15, 0.2) is 11.5 Å². The molecule has 2 heterocycles. The summed E-state index contributed by atoms with van der Waals surface area (Å²) in [5.41, 5.74) is 1.26. The molecule has 0 saturated heterocycles. The fourth-order valence-corrected chi connectivity index (χ4v) is 2.25. The first-order chi connectivity index (χ1) is 10.8. The first-order valence-corrected chi connectivity index (χ1v) is 6.79. The number of rotatable bonds is 2. The van der Waals surface area contributed by atoms with Crippen molar-refractivity contribution in [2.45, 2.75) is 0 Å². The smallest absolute Gasteiger partial charge is 0.248 e. The molecule has 1 aliphatic rings. The highest BCUT2D eigenvalue weighted by Gasteiger charge is 2.16. The highest BCUT2D eigenvalue weighted by molar-refractivity contribution is 5.62. The molecule has 6 heteroatoms.